The van der Waals surface area contributed by atoms with E-state index < -0.39 is 79.4 Å². The fourth-order valence-corrected chi connectivity index (χ4v) is 13.3. The van der Waals surface area contributed by atoms with Crippen molar-refractivity contribution in [1.82, 2.24) is 0 Å². The number of hydrogen-bond donors (Lipinski definition) is 7. The molecule has 0 aromatic rings. The van der Waals surface area contributed by atoms with Crippen LogP contribution >= 0.6 is 0 Å². The summed E-state index contributed by atoms with van der Waals surface area (Å²) in [6, 6.07) is 0. The maximum absolute atomic E-state index is 11.2. The fourth-order valence-electron chi connectivity index (χ4n) is 13.3. The summed E-state index contributed by atoms with van der Waals surface area (Å²) in [4.78, 5) is 0. The van der Waals surface area contributed by atoms with Gasteiger partial charge >= 0.3 is 0 Å². The van der Waals surface area contributed by atoms with Gasteiger partial charge in [0.05, 0.1) is 37.1 Å². The molecule has 7 fully saturated rings. The van der Waals surface area contributed by atoms with Gasteiger partial charge in [0.2, 0.25) is 0 Å². The molecule has 8 rings (SSSR count). The summed E-state index contributed by atoms with van der Waals surface area (Å²) < 4.78 is 37.3. The number of ether oxygens (including phenoxy) is 6. The van der Waals surface area contributed by atoms with Crippen LogP contribution in [0.5, 0.6) is 0 Å². The molecule has 4 saturated heterocycles. The van der Waals surface area contributed by atoms with Gasteiger partial charge in [0, 0.05) is 12.3 Å². The van der Waals surface area contributed by atoms with Gasteiger partial charge in [-0.25, -0.2) is 0 Å². The van der Waals surface area contributed by atoms with Gasteiger partial charge in [0.1, 0.15) is 42.7 Å². The van der Waals surface area contributed by atoms with Gasteiger partial charge in [-0.05, 0) is 105 Å². The van der Waals surface area contributed by atoms with E-state index in [1.54, 1.807) is 0 Å². The van der Waals surface area contributed by atoms with Crippen molar-refractivity contribution in [3.63, 3.8) is 0 Å². The summed E-state index contributed by atoms with van der Waals surface area (Å²) in [5.74, 6) is 2.53. The Bertz CT molecular complexity index is 1430. The second-order valence-corrected chi connectivity index (χ2v) is 20.1. The maximum Gasteiger partial charge on any atom is 0.187 e. The van der Waals surface area contributed by atoms with Crippen molar-refractivity contribution >= 4 is 0 Å². The zero-order chi connectivity index (χ0) is 39.6. The average molecular weight is 781 g/mol. The zero-order valence-corrected chi connectivity index (χ0v) is 33.7. The lowest BCUT2D eigenvalue weighted by molar-refractivity contribution is -0.360. The highest BCUT2D eigenvalue weighted by molar-refractivity contribution is 5.28. The second kappa shape index (κ2) is 14.4. The molecule has 1 spiro atoms. The standard InChI is InChI=1S/C42H68O13/c1-19(2)24-15-22-14-23(52-38-35(48)33(46)36(28(17-43)53-38)54-37-34(47)32(45)31(44)21(4)51-37)8-10-40(22,6)25-9-11-41(7)26(29(24)25)16-27-30(41)20(3)42(55-27)13-12-39(5,49)18-50-42/h15,19-21,23-38,43-49H,8-14,16-18H2,1-7H3/t20-,21-,23-,24-,25-,26-,27-,28+,29+,30-,31-,32+,33-,34+,35+,36+,37-,38+,39-,40-,41-,42+/m0/s1. The molecular formula is C42H68O13. The van der Waals surface area contributed by atoms with Crippen LogP contribution in [0.4, 0.5) is 0 Å². The van der Waals surface area contributed by atoms with E-state index in [-0.39, 0.29) is 29.0 Å². The lowest BCUT2D eigenvalue weighted by Gasteiger charge is -2.61. The second-order valence-electron chi connectivity index (χ2n) is 20.1. The van der Waals surface area contributed by atoms with E-state index in [4.69, 9.17) is 28.4 Å². The third-order valence-electron chi connectivity index (χ3n) is 16.5. The quantitative estimate of drug-likeness (QED) is 0.194. The molecule has 0 bridgehead atoms. The third kappa shape index (κ3) is 6.53. The van der Waals surface area contributed by atoms with E-state index in [2.05, 4.69) is 40.7 Å². The SMILES string of the molecule is CC(C)[C@@H]1C=C2C[C@@H](O[C@@H]3O[C@H](CO)[C@@H](O[C@@H]4O[C@@H](C)[C@H](O)[C@@H](O)[C@H]4O)[C@@H](O)[C@H]3O)CC[C@]2(C)[C@H]2CC[C@]3(C)[C@@H]4[C@H](C[C@H]3[C@H]12)O[C@]1(CC[C@](C)(O)CO1)[C@H]4C. The van der Waals surface area contributed by atoms with Gasteiger partial charge in [-0.3, -0.25) is 0 Å². The first-order chi connectivity index (χ1) is 25.8. The Morgan fingerprint density at radius 2 is 1.55 bits per heavy atom. The molecule has 3 saturated carbocycles. The van der Waals surface area contributed by atoms with Crippen LogP contribution in [-0.2, 0) is 28.4 Å². The molecule has 4 aliphatic carbocycles. The lowest BCUT2D eigenvalue weighted by Crippen LogP contribution is -2.64. The van der Waals surface area contributed by atoms with Crippen LogP contribution in [0.2, 0.25) is 0 Å². The summed E-state index contributed by atoms with van der Waals surface area (Å²) in [6.07, 6.45) is -3.89. The first-order valence-electron chi connectivity index (χ1n) is 21.2. The van der Waals surface area contributed by atoms with Gasteiger partial charge in [-0.2, -0.15) is 0 Å². The normalized spacial score (nSPS) is 57.8. The molecule has 4 heterocycles. The van der Waals surface area contributed by atoms with Gasteiger partial charge < -0.3 is 64.2 Å². The minimum absolute atomic E-state index is 0.00887. The molecule has 314 valence electrons. The minimum Gasteiger partial charge on any atom is -0.394 e. The smallest absolute Gasteiger partial charge is 0.187 e. The highest BCUT2D eigenvalue weighted by atomic mass is 16.7. The van der Waals surface area contributed by atoms with Crippen molar-refractivity contribution < 1.29 is 64.2 Å². The molecule has 22 atom stereocenters. The number of hydrogen-bond acceptors (Lipinski definition) is 13. The number of allylic oxidation sites excluding steroid dienone is 1. The third-order valence-corrected chi connectivity index (χ3v) is 16.5. The van der Waals surface area contributed by atoms with Crippen LogP contribution in [0.3, 0.4) is 0 Å². The van der Waals surface area contributed by atoms with E-state index in [1.807, 2.05) is 6.92 Å². The summed E-state index contributed by atoms with van der Waals surface area (Å²) in [6.45, 7) is 15.1. The predicted octanol–water partition coefficient (Wildman–Crippen LogP) is 2.39. The van der Waals surface area contributed by atoms with Crippen LogP contribution < -0.4 is 0 Å². The molecule has 0 unspecified atom stereocenters. The summed E-state index contributed by atoms with van der Waals surface area (Å²) in [5.41, 5.74) is 0.757. The van der Waals surface area contributed by atoms with E-state index in [0.717, 1.165) is 38.5 Å². The molecule has 55 heavy (non-hydrogen) atoms. The molecule has 0 aromatic heterocycles. The first kappa shape index (κ1) is 41.0. The van der Waals surface area contributed by atoms with Crippen molar-refractivity contribution in [2.24, 2.45) is 52.3 Å². The van der Waals surface area contributed by atoms with Gasteiger partial charge in [-0.1, -0.05) is 46.3 Å². The van der Waals surface area contributed by atoms with Crippen molar-refractivity contribution in [3.8, 4) is 0 Å². The Hall–Kier alpha value is -0.780. The Labute approximate surface area is 325 Å². The number of fused-ring (bicyclic) bond motifs is 7. The summed E-state index contributed by atoms with van der Waals surface area (Å²) in [7, 11) is 0. The van der Waals surface area contributed by atoms with Crippen molar-refractivity contribution in [2.45, 2.75) is 185 Å². The van der Waals surface area contributed by atoms with Crippen molar-refractivity contribution in [3.05, 3.63) is 11.6 Å². The molecular weight excluding hydrogens is 712 g/mol. The molecule has 8 aliphatic rings. The summed E-state index contributed by atoms with van der Waals surface area (Å²) in [5, 5.41) is 74.2. The Morgan fingerprint density at radius 3 is 2.22 bits per heavy atom. The largest absolute Gasteiger partial charge is 0.394 e. The maximum atomic E-state index is 11.2. The lowest BCUT2D eigenvalue weighted by atomic mass is 9.44. The highest BCUT2D eigenvalue weighted by Crippen LogP contribution is 2.72. The van der Waals surface area contributed by atoms with E-state index >= 15 is 0 Å². The van der Waals surface area contributed by atoms with Crippen molar-refractivity contribution in [1.29, 1.82) is 0 Å². The topological polar surface area (TPSA) is 197 Å². The van der Waals surface area contributed by atoms with Crippen LogP contribution in [0, 0.1) is 52.3 Å². The molecule has 0 aromatic carbocycles. The molecule has 0 radical (unpaired) electrons. The minimum atomic E-state index is -1.62. The monoisotopic (exact) mass is 780 g/mol. The molecule has 13 nitrogen and oxygen atoms in total. The molecule has 4 aliphatic heterocycles. The fraction of sp³-hybridized carbons (Fsp3) is 0.952. The average Bonchev–Trinajstić information content (AvgIpc) is 3.59. The van der Waals surface area contributed by atoms with Crippen LogP contribution in [-0.4, -0.2) is 134 Å². The Kier molecular flexibility index (Phi) is 10.8. The van der Waals surface area contributed by atoms with E-state index in [9.17, 15) is 35.7 Å². The predicted molar refractivity (Wildman–Crippen MR) is 197 cm³/mol. The Balaban J connectivity index is 0.964. The zero-order valence-electron chi connectivity index (χ0n) is 33.7. The van der Waals surface area contributed by atoms with E-state index in [0.29, 0.717) is 55.0 Å². The van der Waals surface area contributed by atoms with E-state index in [1.165, 1.54) is 12.5 Å². The molecule has 13 heteroatoms. The number of aliphatic hydroxyl groups excluding tert-OH is 6. The van der Waals surface area contributed by atoms with Crippen LogP contribution in [0.1, 0.15) is 99.8 Å². The highest BCUT2D eigenvalue weighted by Gasteiger charge is 2.70. The molecule has 7 N–H and O–H groups in total. The van der Waals surface area contributed by atoms with Crippen LogP contribution in [0.25, 0.3) is 0 Å². The first-order valence-corrected chi connectivity index (χ1v) is 21.2. The van der Waals surface area contributed by atoms with Gasteiger partial charge in [0.15, 0.2) is 18.4 Å². The van der Waals surface area contributed by atoms with Gasteiger partial charge in [-0.15, -0.1) is 0 Å². The van der Waals surface area contributed by atoms with Crippen molar-refractivity contribution in [2.75, 3.05) is 13.2 Å². The van der Waals surface area contributed by atoms with Gasteiger partial charge in [0.25, 0.3) is 0 Å². The number of rotatable bonds is 6. The number of aliphatic hydroxyl groups is 7. The van der Waals surface area contributed by atoms with Crippen LogP contribution in [0.15, 0.2) is 11.6 Å². The molecule has 0 amide bonds. The summed E-state index contributed by atoms with van der Waals surface area (Å²) >= 11 is 0. The Morgan fingerprint density at radius 1 is 0.836 bits per heavy atom.